The maximum Gasteiger partial charge on any atom is 0.158 e. The monoisotopic (exact) mass is 359 g/mol. The normalized spacial score (nSPS) is 12.8. The molecule has 0 amide bonds. The number of rotatable bonds is 12. The Bertz CT molecular complexity index is 647. The molecular formula is C21H37N5. The molecule has 2 rings (SSSR count). The lowest BCUT2D eigenvalue weighted by molar-refractivity contribution is 0.292. The molecule has 1 aromatic heterocycles. The van der Waals surface area contributed by atoms with Crippen LogP contribution in [0.15, 0.2) is 24.3 Å². The van der Waals surface area contributed by atoms with E-state index in [-0.39, 0.29) is 0 Å². The molecule has 2 N–H and O–H groups in total. The van der Waals surface area contributed by atoms with Gasteiger partial charge in [-0.3, -0.25) is 4.68 Å². The van der Waals surface area contributed by atoms with E-state index < -0.39 is 0 Å². The fraction of sp³-hybridized carbons (Fsp3) is 0.667. The zero-order valence-electron chi connectivity index (χ0n) is 17.1. The first-order chi connectivity index (χ1) is 12.7. The summed E-state index contributed by atoms with van der Waals surface area (Å²) in [6.07, 6.45) is 3.22. The number of anilines is 1. The molecule has 1 aromatic carbocycles. The fourth-order valence-electron chi connectivity index (χ4n) is 3.83. The van der Waals surface area contributed by atoms with Crippen LogP contribution in [0, 0.1) is 0 Å². The highest BCUT2D eigenvalue weighted by Crippen LogP contribution is 2.29. The SMILES string of the molecule is CCC(CCN)N(CC)c1nn(CCCN(CC)CC)c2ccccc12. The number of nitrogens with zero attached hydrogens (tertiary/aromatic N) is 4. The van der Waals surface area contributed by atoms with Crippen molar-refractivity contribution in [3.8, 4) is 0 Å². The predicted molar refractivity (Wildman–Crippen MR) is 113 cm³/mol. The average molecular weight is 360 g/mol. The van der Waals surface area contributed by atoms with Crippen LogP contribution in [0.3, 0.4) is 0 Å². The second-order valence-corrected chi connectivity index (χ2v) is 6.87. The summed E-state index contributed by atoms with van der Waals surface area (Å²) in [4.78, 5) is 4.91. The van der Waals surface area contributed by atoms with Crippen molar-refractivity contribution in [3.63, 3.8) is 0 Å². The van der Waals surface area contributed by atoms with Crippen LogP contribution in [0.4, 0.5) is 5.82 Å². The summed E-state index contributed by atoms with van der Waals surface area (Å²) in [5, 5.41) is 6.30. The smallest absolute Gasteiger partial charge is 0.158 e. The number of fused-ring (bicyclic) bond motifs is 1. The first-order valence-corrected chi connectivity index (χ1v) is 10.3. The molecule has 0 fully saturated rings. The molecule has 5 heteroatoms. The van der Waals surface area contributed by atoms with Gasteiger partial charge in [-0.2, -0.15) is 5.10 Å². The van der Waals surface area contributed by atoms with E-state index >= 15 is 0 Å². The Balaban J connectivity index is 2.27. The molecule has 5 nitrogen and oxygen atoms in total. The Hall–Kier alpha value is -1.59. The molecule has 0 radical (unpaired) electrons. The molecular weight excluding hydrogens is 322 g/mol. The number of nitrogens with two attached hydrogens (primary N) is 1. The van der Waals surface area contributed by atoms with Gasteiger partial charge in [0.25, 0.3) is 0 Å². The second kappa shape index (κ2) is 10.5. The highest BCUT2D eigenvalue weighted by molar-refractivity contribution is 5.90. The molecule has 1 atom stereocenters. The van der Waals surface area contributed by atoms with Gasteiger partial charge >= 0.3 is 0 Å². The maximum atomic E-state index is 5.86. The topological polar surface area (TPSA) is 50.3 Å². The van der Waals surface area contributed by atoms with Crippen LogP contribution >= 0.6 is 0 Å². The standard InChI is InChI=1S/C21H37N5/c1-5-18(14-15-22)25(8-4)21-19-12-9-10-13-20(19)26(23-21)17-11-16-24(6-2)7-3/h9-10,12-13,18H,5-8,11,14-17,22H2,1-4H3. The summed E-state index contributed by atoms with van der Waals surface area (Å²) >= 11 is 0. The molecule has 0 aliphatic rings. The summed E-state index contributed by atoms with van der Waals surface area (Å²) in [5.41, 5.74) is 7.10. The van der Waals surface area contributed by atoms with Gasteiger partial charge in [0.05, 0.1) is 5.52 Å². The zero-order valence-corrected chi connectivity index (χ0v) is 17.1. The van der Waals surface area contributed by atoms with Crippen molar-refractivity contribution < 1.29 is 0 Å². The van der Waals surface area contributed by atoms with Crippen LogP contribution in [0.2, 0.25) is 0 Å². The largest absolute Gasteiger partial charge is 0.352 e. The Morgan fingerprint density at radius 3 is 2.42 bits per heavy atom. The van der Waals surface area contributed by atoms with Crippen LogP contribution in [-0.2, 0) is 6.54 Å². The van der Waals surface area contributed by atoms with E-state index in [2.05, 4.69) is 66.4 Å². The van der Waals surface area contributed by atoms with Crippen LogP contribution in [-0.4, -0.2) is 53.4 Å². The lowest BCUT2D eigenvalue weighted by Crippen LogP contribution is -2.36. The van der Waals surface area contributed by atoms with E-state index in [1.165, 1.54) is 10.9 Å². The minimum absolute atomic E-state index is 0.451. The first kappa shape index (κ1) is 20.7. The molecule has 1 unspecified atom stereocenters. The first-order valence-electron chi connectivity index (χ1n) is 10.3. The van der Waals surface area contributed by atoms with E-state index in [4.69, 9.17) is 10.8 Å². The van der Waals surface area contributed by atoms with Gasteiger partial charge < -0.3 is 15.5 Å². The van der Waals surface area contributed by atoms with E-state index in [1.54, 1.807) is 0 Å². The molecule has 2 aromatic rings. The van der Waals surface area contributed by atoms with Crippen LogP contribution in [0.1, 0.15) is 47.0 Å². The predicted octanol–water partition coefficient (Wildman–Crippen LogP) is 3.72. The Morgan fingerprint density at radius 2 is 1.81 bits per heavy atom. The van der Waals surface area contributed by atoms with E-state index in [0.717, 1.165) is 64.3 Å². The molecule has 0 aliphatic carbocycles. The Morgan fingerprint density at radius 1 is 1.08 bits per heavy atom. The van der Waals surface area contributed by atoms with Gasteiger partial charge in [0.15, 0.2) is 5.82 Å². The molecule has 0 aliphatic heterocycles. The van der Waals surface area contributed by atoms with Crippen LogP contribution in [0.25, 0.3) is 10.9 Å². The summed E-state index contributed by atoms with van der Waals surface area (Å²) in [5.74, 6) is 1.12. The molecule has 1 heterocycles. The van der Waals surface area contributed by atoms with Gasteiger partial charge in [-0.15, -0.1) is 0 Å². The van der Waals surface area contributed by atoms with Crippen LogP contribution in [0.5, 0.6) is 0 Å². The minimum Gasteiger partial charge on any atom is -0.352 e. The Kier molecular flexibility index (Phi) is 8.39. The summed E-state index contributed by atoms with van der Waals surface area (Å²) in [6.45, 7) is 14.9. The van der Waals surface area contributed by atoms with Crippen molar-refractivity contribution in [2.75, 3.05) is 37.6 Å². The molecule has 0 saturated heterocycles. The highest BCUT2D eigenvalue weighted by atomic mass is 15.4. The van der Waals surface area contributed by atoms with Crippen molar-refractivity contribution in [3.05, 3.63) is 24.3 Å². The van der Waals surface area contributed by atoms with Gasteiger partial charge in [0.2, 0.25) is 0 Å². The van der Waals surface area contributed by atoms with Gasteiger partial charge in [-0.25, -0.2) is 0 Å². The average Bonchev–Trinajstić information content (AvgIpc) is 3.04. The number of aromatic nitrogens is 2. The van der Waals surface area contributed by atoms with Crippen molar-refractivity contribution in [2.24, 2.45) is 5.73 Å². The third kappa shape index (κ3) is 4.77. The molecule has 26 heavy (non-hydrogen) atoms. The number of benzene rings is 1. The third-order valence-corrected chi connectivity index (χ3v) is 5.40. The Labute approximate surface area is 159 Å². The summed E-state index contributed by atoms with van der Waals surface area (Å²) < 4.78 is 2.20. The van der Waals surface area contributed by atoms with Crippen LogP contribution < -0.4 is 10.6 Å². The summed E-state index contributed by atoms with van der Waals surface area (Å²) in [6, 6.07) is 9.08. The quantitative estimate of drug-likeness (QED) is 0.627. The second-order valence-electron chi connectivity index (χ2n) is 6.87. The van der Waals surface area contributed by atoms with Crippen molar-refractivity contribution in [1.29, 1.82) is 0 Å². The van der Waals surface area contributed by atoms with Gasteiger partial charge in [0, 0.05) is 24.5 Å². The van der Waals surface area contributed by atoms with E-state index in [0.29, 0.717) is 6.04 Å². The van der Waals surface area contributed by atoms with Crippen molar-refractivity contribution in [2.45, 2.75) is 59.5 Å². The number of hydrogen-bond donors (Lipinski definition) is 1. The van der Waals surface area contributed by atoms with E-state index in [9.17, 15) is 0 Å². The van der Waals surface area contributed by atoms with Gasteiger partial charge in [-0.1, -0.05) is 32.9 Å². The molecule has 0 saturated carbocycles. The highest BCUT2D eigenvalue weighted by Gasteiger charge is 2.21. The minimum atomic E-state index is 0.451. The maximum absolute atomic E-state index is 5.86. The lowest BCUT2D eigenvalue weighted by Gasteiger charge is -2.30. The summed E-state index contributed by atoms with van der Waals surface area (Å²) in [7, 11) is 0. The zero-order chi connectivity index (χ0) is 18.9. The molecule has 0 spiro atoms. The van der Waals surface area contributed by atoms with Gasteiger partial charge in [-0.05, 0) is 64.5 Å². The molecule has 146 valence electrons. The van der Waals surface area contributed by atoms with Gasteiger partial charge in [0.1, 0.15) is 0 Å². The van der Waals surface area contributed by atoms with Crippen molar-refractivity contribution >= 4 is 16.7 Å². The number of hydrogen-bond acceptors (Lipinski definition) is 4. The fourth-order valence-corrected chi connectivity index (χ4v) is 3.83. The number of aryl methyl sites for hydroxylation is 1. The third-order valence-electron chi connectivity index (χ3n) is 5.40. The van der Waals surface area contributed by atoms with Crippen molar-refractivity contribution in [1.82, 2.24) is 14.7 Å². The number of para-hydroxylation sites is 1. The lowest BCUT2D eigenvalue weighted by atomic mass is 10.1. The molecule has 0 bridgehead atoms. The van der Waals surface area contributed by atoms with E-state index in [1.807, 2.05) is 0 Å².